The molecule has 0 spiro atoms. The highest BCUT2D eigenvalue weighted by atomic mass is 35.5. The Hall–Kier alpha value is -2.46. The van der Waals surface area contributed by atoms with Crippen molar-refractivity contribution >= 4 is 23.1 Å². The van der Waals surface area contributed by atoms with E-state index in [0.717, 1.165) is 16.7 Å². The number of hydrogen-bond acceptors (Lipinski definition) is 3. The number of allylic oxidation sites excluding steroid dienone is 1. The summed E-state index contributed by atoms with van der Waals surface area (Å²) in [4.78, 5) is 12.1. The van der Waals surface area contributed by atoms with Crippen molar-refractivity contribution < 1.29 is 14.3 Å². The van der Waals surface area contributed by atoms with E-state index in [9.17, 15) is 4.79 Å². The molecule has 0 aromatic heterocycles. The molecule has 0 heterocycles. The van der Waals surface area contributed by atoms with Crippen molar-refractivity contribution in [2.45, 2.75) is 13.5 Å². The van der Waals surface area contributed by atoms with E-state index < -0.39 is 0 Å². The molecule has 5 heteroatoms. The Bertz CT molecular complexity index is 756. The summed E-state index contributed by atoms with van der Waals surface area (Å²) in [5.74, 6) is 1.17. The van der Waals surface area contributed by atoms with Crippen LogP contribution in [0.15, 0.2) is 48.5 Å². The van der Waals surface area contributed by atoms with Gasteiger partial charge in [-0.05, 0) is 36.3 Å². The summed E-state index contributed by atoms with van der Waals surface area (Å²) >= 11 is 6.08. The van der Waals surface area contributed by atoms with Crippen molar-refractivity contribution in [1.82, 2.24) is 5.32 Å². The number of rotatable bonds is 6. The zero-order chi connectivity index (χ0) is 17.5. The number of methoxy groups -OCH3 is 2. The van der Waals surface area contributed by atoms with Gasteiger partial charge in [-0.3, -0.25) is 4.79 Å². The van der Waals surface area contributed by atoms with Crippen LogP contribution in [0.4, 0.5) is 0 Å². The standard InChI is InChI=1S/C19H20ClNO3/c1-13(16-9-8-15(23-2)11-18(16)24-3)10-19(22)21-12-14-6-4-5-7-17(14)20/h4-11H,12H2,1-3H3,(H,21,22)/b13-10+. The third-order valence-corrected chi connectivity index (χ3v) is 3.96. The molecule has 0 aliphatic rings. The molecule has 2 aromatic rings. The number of halogens is 1. The van der Waals surface area contributed by atoms with Crippen molar-refractivity contribution in [1.29, 1.82) is 0 Å². The fourth-order valence-electron chi connectivity index (χ4n) is 2.27. The van der Waals surface area contributed by atoms with Crippen LogP contribution in [0.3, 0.4) is 0 Å². The quantitative estimate of drug-likeness (QED) is 0.802. The van der Waals surface area contributed by atoms with Crippen LogP contribution < -0.4 is 14.8 Å². The molecule has 0 saturated carbocycles. The Morgan fingerprint density at radius 1 is 1.17 bits per heavy atom. The van der Waals surface area contributed by atoms with Gasteiger partial charge in [-0.2, -0.15) is 0 Å². The van der Waals surface area contributed by atoms with Crippen molar-refractivity contribution in [2.24, 2.45) is 0 Å². The average molecular weight is 346 g/mol. The van der Waals surface area contributed by atoms with Crippen molar-refractivity contribution in [2.75, 3.05) is 14.2 Å². The molecule has 0 unspecified atom stereocenters. The van der Waals surface area contributed by atoms with Crippen LogP contribution in [-0.4, -0.2) is 20.1 Å². The zero-order valence-electron chi connectivity index (χ0n) is 13.9. The van der Waals surface area contributed by atoms with Crippen molar-refractivity contribution in [3.63, 3.8) is 0 Å². The molecule has 0 atom stereocenters. The summed E-state index contributed by atoms with van der Waals surface area (Å²) in [6, 6.07) is 12.9. The van der Waals surface area contributed by atoms with Crippen LogP contribution >= 0.6 is 11.6 Å². The van der Waals surface area contributed by atoms with Gasteiger partial charge in [0.25, 0.3) is 0 Å². The first kappa shape index (κ1) is 17.9. The van der Waals surface area contributed by atoms with Crippen molar-refractivity contribution in [3.8, 4) is 11.5 Å². The second-order valence-corrected chi connectivity index (χ2v) is 5.61. The number of hydrogen-bond donors (Lipinski definition) is 1. The van der Waals surface area contributed by atoms with Gasteiger partial charge in [0.05, 0.1) is 14.2 Å². The van der Waals surface area contributed by atoms with E-state index in [1.165, 1.54) is 0 Å². The summed E-state index contributed by atoms with van der Waals surface area (Å²) in [7, 11) is 3.18. The molecule has 2 aromatic carbocycles. The lowest BCUT2D eigenvalue weighted by Gasteiger charge is -2.11. The lowest BCUT2D eigenvalue weighted by atomic mass is 10.1. The third-order valence-electron chi connectivity index (χ3n) is 3.59. The summed E-state index contributed by atoms with van der Waals surface area (Å²) in [5.41, 5.74) is 2.51. The molecule has 24 heavy (non-hydrogen) atoms. The Labute approximate surface area is 147 Å². The summed E-state index contributed by atoms with van der Waals surface area (Å²) in [6.45, 7) is 2.24. The van der Waals surface area contributed by atoms with Gasteiger partial charge >= 0.3 is 0 Å². The summed E-state index contributed by atoms with van der Waals surface area (Å²) in [5, 5.41) is 3.47. The Morgan fingerprint density at radius 3 is 2.58 bits per heavy atom. The number of ether oxygens (including phenoxy) is 2. The summed E-state index contributed by atoms with van der Waals surface area (Å²) in [6.07, 6.45) is 1.54. The third kappa shape index (κ3) is 4.52. The first-order valence-electron chi connectivity index (χ1n) is 7.47. The lowest BCUT2D eigenvalue weighted by Crippen LogP contribution is -2.20. The fourth-order valence-corrected chi connectivity index (χ4v) is 2.48. The molecule has 0 aliphatic carbocycles. The Morgan fingerprint density at radius 2 is 1.92 bits per heavy atom. The first-order chi connectivity index (χ1) is 11.5. The van der Waals surface area contributed by atoms with E-state index in [0.29, 0.717) is 23.1 Å². The van der Waals surface area contributed by atoms with Crippen LogP contribution in [0.1, 0.15) is 18.1 Å². The topological polar surface area (TPSA) is 47.6 Å². The molecule has 126 valence electrons. The van der Waals surface area contributed by atoms with Crippen molar-refractivity contribution in [3.05, 3.63) is 64.7 Å². The minimum Gasteiger partial charge on any atom is -0.497 e. The average Bonchev–Trinajstić information content (AvgIpc) is 2.60. The van der Waals surface area contributed by atoms with Gasteiger partial charge < -0.3 is 14.8 Å². The molecular weight excluding hydrogens is 326 g/mol. The normalized spacial score (nSPS) is 11.1. The highest BCUT2D eigenvalue weighted by molar-refractivity contribution is 6.31. The van der Waals surface area contributed by atoms with Crippen LogP contribution in [0.2, 0.25) is 5.02 Å². The molecule has 0 saturated heterocycles. The van der Waals surface area contributed by atoms with Gasteiger partial charge in [0.2, 0.25) is 5.91 Å². The molecule has 0 fully saturated rings. The number of nitrogens with one attached hydrogen (secondary N) is 1. The van der Waals surface area contributed by atoms with E-state index in [2.05, 4.69) is 5.32 Å². The molecule has 0 aliphatic heterocycles. The van der Waals surface area contributed by atoms with Crippen LogP contribution in [0, 0.1) is 0 Å². The first-order valence-corrected chi connectivity index (χ1v) is 7.85. The SMILES string of the molecule is COc1ccc(/C(C)=C/C(=O)NCc2ccccc2Cl)c(OC)c1. The molecule has 4 nitrogen and oxygen atoms in total. The van der Waals surface area contributed by atoms with Gasteiger partial charge in [-0.1, -0.05) is 29.8 Å². The molecule has 2 rings (SSSR count). The smallest absolute Gasteiger partial charge is 0.244 e. The number of amides is 1. The molecular formula is C19H20ClNO3. The van der Waals surface area contributed by atoms with E-state index in [-0.39, 0.29) is 5.91 Å². The maximum absolute atomic E-state index is 12.1. The van der Waals surface area contributed by atoms with Gasteiger partial charge in [0, 0.05) is 29.3 Å². The van der Waals surface area contributed by atoms with Gasteiger partial charge in [0.15, 0.2) is 0 Å². The molecule has 1 amide bonds. The minimum absolute atomic E-state index is 0.190. The highest BCUT2D eigenvalue weighted by Crippen LogP contribution is 2.29. The van der Waals surface area contributed by atoms with E-state index in [1.54, 1.807) is 32.4 Å². The lowest BCUT2D eigenvalue weighted by molar-refractivity contribution is -0.116. The summed E-state index contributed by atoms with van der Waals surface area (Å²) < 4.78 is 10.5. The molecule has 0 radical (unpaired) electrons. The zero-order valence-corrected chi connectivity index (χ0v) is 14.7. The number of carbonyl (C=O) groups excluding carboxylic acids is 1. The van der Waals surface area contributed by atoms with Gasteiger partial charge in [-0.25, -0.2) is 0 Å². The number of carbonyl (C=O) groups is 1. The van der Waals surface area contributed by atoms with Gasteiger partial charge in [0.1, 0.15) is 11.5 Å². The monoisotopic (exact) mass is 345 g/mol. The van der Waals surface area contributed by atoms with E-state index in [1.807, 2.05) is 37.3 Å². The van der Waals surface area contributed by atoms with E-state index >= 15 is 0 Å². The minimum atomic E-state index is -0.190. The molecule has 0 bridgehead atoms. The fraction of sp³-hybridized carbons (Fsp3) is 0.211. The second kappa shape index (κ2) is 8.41. The maximum Gasteiger partial charge on any atom is 0.244 e. The largest absolute Gasteiger partial charge is 0.497 e. The predicted octanol–water partition coefficient (Wildman–Crippen LogP) is 4.08. The van der Waals surface area contributed by atoms with Gasteiger partial charge in [-0.15, -0.1) is 0 Å². The van der Waals surface area contributed by atoms with Crippen LogP contribution in [0.25, 0.3) is 5.57 Å². The Balaban J connectivity index is 2.10. The highest BCUT2D eigenvalue weighted by Gasteiger charge is 2.09. The number of benzene rings is 2. The van der Waals surface area contributed by atoms with Crippen LogP contribution in [0.5, 0.6) is 11.5 Å². The Kier molecular flexibility index (Phi) is 6.27. The molecule has 1 N–H and O–H groups in total. The van der Waals surface area contributed by atoms with Crippen LogP contribution in [-0.2, 0) is 11.3 Å². The maximum atomic E-state index is 12.1. The van der Waals surface area contributed by atoms with E-state index in [4.69, 9.17) is 21.1 Å². The predicted molar refractivity (Wildman–Crippen MR) is 96.5 cm³/mol. The second-order valence-electron chi connectivity index (χ2n) is 5.20.